The smallest absolute Gasteiger partial charge is 0.325 e. The van der Waals surface area contributed by atoms with Crippen LogP contribution in [0.25, 0.3) is 0 Å². The van der Waals surface area contributed by atoms with E-state index in [1.54, 1.807) is 6.26 Å². The number of carboxylic acids is 1. The average molecular weight is 276 g/mol. The number of nitrogens with zero attached hydrogens (tertiary/aromatic N) is 1. The van der Waals surface area contributed by atoms with E-state index in [9.17, 15) is 4.79 Å². The van der Waals surface area contributed by atoms with Gasteiger partial charge in [-0.15, -0.1) is 24.0 Å². The molecule has 0 amide bonds. The molecule has 0 spiro atoms. The molecule has 3 N–H and O–H groups in total. The van der Waals surface area contributed by atoms with Crippen molar-refractivity contribution in [1.29, 1.82) is 0 Å². The lowest BCUT2D eigenvalue weighted by atomic mass is 10.7. The number of nitrogens with two attached hydrogens (primary N) is 1. The Morgan fingerprint density at radius 3 is 2.60 bits per heavy atom. The second kappa shape index (κ2) is 7.13. The molecule has 0 aliphatic heterocycles. The molecule has 0 aromatic carbocycles. The summed E-state index contributed by atoms with van der Waals surface area (Å²) in [6, 6.07) is 0. The minimum Gasteiger partial charge on any atom is -0.480 e. The number of carbonyl (C=O) groups is 1. The Morgan fingerprint density at radius 2 is 2.30 bits per heavy atom. The topological polar surface area (TPSA) is 75.7 Å². The molecule has 0 saturated heterocycles. The van der Waals surface area contributed by atoms with Crippen molar-refractivity contribution in [3.8, 4) is 0 Å². The molecule has 0 atom stereocenters. The summed E-state index contributed by atoms with van der Waals surface area (Å²) >= 11 is 1.23. The van der Waals surface area contributed by atoms with Crippen molar-refractivity contribution in [2.75, 3.05) is 12.8 Å². The molecule has 60 valence electrons. The number of thioether (sulfide) groups is 1. The molecule has 4 nitrogen and oxygen atoms in total. The zero-order valence-electron chi connectivity index (χ0n) is 5.40. The van der Waals surface area contributed by atoms with Gasteiger partial charge in [-0.2, -0.15) is 0 Å². The largest absolute Gasteiger partial charge is 0.480 e. The van der Waals surface area contributed by atoms with Crippen LogP contribution in [0.2, 0.25) is 0 Å². The van der Waals surface area contributed by atoms with Crippen LogP contribution in [0.3, 0.4) is 0 Å². The Hall–Kier alpha value is 0.0200. The van der Waals surface area contributed by atoms with E-state index in [1.165, 1.54) is 11.8 Å². The van der Waals surface area contributed by atoms with Gasteiger partial charge in [-0.25, -0.2) is 0 Å². The number of aliphatic imine (C=N–C) groups is 1. The predicted molar refractivity (Wildman–Crippen MR) is 53.1 cm³/mol. The van der Waals surface area contributed by atoms with Crippen molar-refractivity contribution in [3.05, 3.63) is 0 Å². The van der Waals surface area contributed by atoms with E-state index in [1.807, 2.05) is 0 Å². The number of carboxylic acid groups (broad SMARTS) is 1. The highest BCUT2D eigenvalue weighted by molar-refractivity contribution is 14.0. The summed E-state index contributed by atoms with van der Waals surface area (Å²) < 4.78 is 0. The second-order valence-corrected chi connectivity index (χ2v) is 2.08. The number of halogens is 1. The molecule has 0 heterocycles. The van der Waals surface area contributed by atoms with Gasteiger partial charge in [-0.3, -0.25) is 9.79 Å². The molecule has 10 heavy (non-hydrogen) atoms. The maximum atomic E-state index is 9.85. The van der Waals surface area contributed by atoms with Crippen LogP contribution < -0.4 is 5.73 Å². The monoisotopic (exact) mass is 276 g/mol. The third-order valence-corrected chi connectivity index (χ3v) is 1.13. The standard InChI is InChI=1S/C4H8N2O2S.HI/c1-9-4(5)6-2-3(7)8;/h2H2,1H3,(H2,5,6)(H,7,8);1H. The normalized spacial score (nSPS) is 10.3. The van der Waals surface area contributed by atoms with Gasteiger partial charge in [0.2, 0.25) is 0 Å². The lowest BCUT2D eigenvalue weighted by Gasteiger charge is -1.90. The Bertz CT molecular complexity index is 139. The summed E-state index contributed by atoms with van der Waals surface area (Å²) in [5.41, 5.74) is 5.17. The Kier molecular flexibility index (Phi) is 9.04. The third kappa shape index (κ3) is 8.02. The molecular formula is C4H9IN2O2S. The van der Waals surface area contributed by atoms with Gasteiger partial charge in [-0.1, -0.05) is 11.8 Å². The minimum atomic E-state index is -0.966. The Balaban J connectivity index is 0. The zero-order chi connectivity index (χ0) is 7.28. The van der Waals surface area contributed by atoms with Gasteiger partial charge in [0.25, 0.3) is 0 Å². The Labute approximate surface area is 80.3 Å². The van der Waals surface area contributed by atoms with Crippen molar-refractivity contribution < 1.29 is 9.90 Å². The molecule has 0 saturated carbocycles. The van der Waals surface area contributed by atoms with Crippen molar-refractivity contribution >= 4 is 46.9 Å². The first-order valence-corrected chi connectivity index (χ1v) is 3.45. The van der Waals surface area contributed by atoms with Crippen molar-refractivity contribution in [2.24, 2.45) is 10.7 Å². The molecular weight excluding hydrogens is 267 g/mol. The molecule has 0 aromatic rings. The van der Waals surface area contributed by atoms with Crippen LogP contribution in [0.4, 0.5) is 0 Å². The van der Waals surface area contributed by atoms with Gasteiger partial charge in [0.15, 0.2) is 5.17 Å². The molecule has 0 aliphatic rings. The highest BCUT2D eigenvalue weighted by Gasteiger charge is 1.92. The van der Waals surface area contributed by atoms with Crippen LogP contribution in [0.15, 0.2) is 4.99 Å². The van der Waals surface area contributed by atoms with Gasteiger partial charge in [-0.05, 0) is 6.26 Å². The second-order valence-electron chi connectivity index (χ2n) is 1.25. The summed E-state index contributed by atoms with van der Waals surface area (Å²) in [6.45, 7) is -0.243. The molecule has 0 bridgehead atoms. The van der Waals surface area contributed by atoms with Crippen LogP contribution in [0, 0.1) is 0 Å². The molecule has 6 heteroatoms. The van der Waals surface area contributed by atoms with Gasteiger partial charge in [0.05, 0.1) is 0 Å². The number of rotatable bonds is 2. The lowest BCUT2D eigenvalue weighted by Crippen LogP contribution is -2.09. The molecule has 0 aromatic heterocycles. The van der Waals surface area contributed by atoms with Crippen molar-refractivity contribution in [2.45, 2.75) is 0 Å². The van der Waals surface area contributed by atoms with Gasteiger partial charge in [0, 0.05) is 0 Å². The van der Waals surface area contributed by atoms with E-state index in [4.69, 9.17) is 10.8 Å². The molecule has 0 aliphatic carbocycles. The fourth-order valence-corrected chi connectivity index (χ4v) is 0.404. The van der Waals surface area contributed by atoms with Crippen molar-refractivity contribution in [1.82, 2.24) is 0 Å². The average Bonchev–Trinajstić information content (AvgIpc) is 1.83. The maximum absolute atomic E-state index is 9.85. The van der Waals surface area contributed by atoms with Crippen LogP contribution in [0.1, 0.15) is 0 Å². The molecule has 0 radical (unpaired) electrons. The minimum absolute atomic E-state index is 0. The van der Waals surface area contributed by atoms with Crippen LogP contribution >= 0.6 is 35.7 Å². The fourth-order valence-electron chi connectivity index (χ4n) is 0.210. The summed E-state index contributed by atoms with van der Waals surface area (Å²) in [6.07, 6.45) is 1.74. The van der Waals surface area contributed by atoms with E-state index >= 15 is 0 Å². The highest BCUT2D eigenvalue weighted by Crippen LogP contribution is 1.89. The first-order valence-electron chi connectivity index (χ1n) is 2.22. The van der Waals surface area contributed by atoms with Gasteiger partial charge in [0.1, 0.15) is 6.54 Å². The molecule has 0 unspecified atom stereocenters. The molecule has 0 rings (SSSR count). The van der Waals surface area contributed by atoms with Gasteiger partial charge >= 0.3 is 5.97 Å². The van der Waals surface area contributed by atoms with E-state index in [-0.39, 0.29) is 30.5 Å². The van der Waals surface area contributed by atoms with E-state index < -0.39 is 5.97 Å². The van der Waals surface area contributed by atoms with Gasteiger partial charge < -0.3 is 10.8 Å². The quantitative estimate of drug-likeness (QED) is 0.434. The summed E-state index contributed by atoms with van der Waals surface area (Å²) in [7, 11) is 0. The number of hydrogen-bond donors (Lipinski definition) is 2. The maximum Gasteiger partial charge on any atom is 0.325 e. The summed E-state index contributed by atoms with van der Waals surface area (Å²) in [4.78, 5) is 13.3. The van der Waals surface area contributed by atoms with E-state index in [0.29, 0.717) is 5.17 Å². The van der Waals surface area contributed by atoms with Crippen LogP contribution in [-0.2, 0) is 4.79 Å². The zero-order valence-corrected chi connectivity index (χ0v) is 8.55. The Morgan fingerprint density at radius 1 is 1.80 bits per heavy atom. The van der Waals surface area contributed by atoms with Crippen molar-refractivity contribution in [3.63, 3.8) is 0 Å². The highest BCUT2D eigenvalue weighted by atomic mass is 127. The number of hydrogen-bond acceptors (Lipinski definition) is 3. The molecule has 0 fully saturated rings. The summed E-state index contributed by atoms with van der Waals surface area (Å²) in [5, 5.41) is 8.39. The number of aliphatic carboxylic acids is 1. The summed E-state index contributed by atoms with van der Waals surface area (Å²) in [5.74, 6) is -0.966. The third-order valence-electron chi connectivity index (χ3n) is 0.579. The first kappa shape index (κ1) is 12.7. The van der Waals surface area contributed by atoms with E-state index in [0.717, 1.165) is 0 Å². The lowest BCUT2D eigenvalue weighted by molar-refractivity contribution is -0.135. The predicted octanol–water partition coefficient (Wildman–Crippen LogP) is 0.367. The first-order chi connectivity index (χ1) is 4.16. The SMILES string of the molecule is CSC(N)=NCC(=O)O.I. The van der Waals surface area contributed by atoms with Crippen LogP contribution in [0.5, 0.6) is 0 Å². The number of amidine groups is 1. The van der Waals surface area contributed by atoms with Crippen LogP contribution in [-0.4, -0.2) is 29.0 Å². The van der Waals surface area contributed by atoms with E-state index in [2.05, 4.69) is 4.99 Å². The fraction of sp³-hybridized carbons (Fsp3) is 0.500.